The van der Waals surface area contributed by atoms with E-state index in [1.54, 1.807) is 0 Å². The third-order valence-corrected chi connectivity index (χ3v) is 3.72. The Bertz CT molecular complexity index is 540. The molecule has 2 rings (SSSR count). The summed E-state index contributed by atoms with van der Waals surface area (Å²) in [6.07, 6.45) is 3.25. The maximum atomic E-state index is 6.42. The lowest BCUT2D eigenvalue weighted by molar-refractivity contribution is 0.595. The lowest BCUT2D eigenvalue weighted by atomic mass is 10.0. The number of aromatic nitrogens is 2. The molecule has 20 heavy (non-hydrogen) atoms. The molecule has 1 aromatic heterocycles. The molecule has 0 bridgehead atoms. The summed E-state index contributed by atoms with van der Waals surface area (Å²) in [5, 5.41) is 4.58. The van der Waals surface area contributed by atoms with E-state index < -0.39 is 0 Å². The van der Waals surface area contributed by atoms with Crippen LogP contribution in [0.15, 0.2) is 30.3 Å². The number of nitrogens with zero attached hydrogens (tertiary/aromatic N) is 2. The Morgan fingerprint density at radius 2 is 1.85 bits per heavy atom. The molecule has 0 saturated carbocycles. The standard InChI is InChI=1S/C17H25N3/c1-4-7-13-8-10-14(11-9-13)17(18)16-12-15(5-2)19-20(16)6-3/h8-12,17H,4-7,18H2,1-3H3. The van der Waals surface area contributed by atoms with Gasteiger partial charge in [0.2, 0.25) is 0 Å². The second-order valence-electron chi connectivity index (χ2n) is 5.20. The van der Waals surface area contributed by atoms with Crippen LogP contribution in [-0.4, -0.2) is 9.78 Å². The summed E-state index contributed by atoms with van der Waals surface area (Å²) >= 11 is 0. The number of aryl methyl sites for hydroxylation is 3. The first-order valence-corrected chi connectivity index (χ1v) is 7.60. The number of hydrogen-bond acceptors (Lipinski definition) is 2. The predicted molar refractivity (Wildman–Crippen MR) is 83.7 cm³/mol. The maximum Gasteiger partial charge on any atom is 0.0723 e. The van der Waals surface area contributed by atoms with Crippen LogP contribution in [0.5, 0.6) is 0 Å². The zero-order chi connectivity index (χ0) is 14.5. The fourth-order valence-electron chi connectivity index (χ4n) is 2.51. The van der Waals surface area contributed by atoms with E-state index in [2.05, 4.69) is 56.2 Å². The normalized spacial score (nSPS) is 12.6. The Kier molecular flexibility index (Phi) is 4.96. The smallest absolute Gasteiger partial charge is 0.0723 e. The van der Waals surface area contributed by atoms with Gasteiger partial charge < -0.3 is 5.73 Å². The van der Waals surface area contributed by atoms with Crippen molar-refractivity contribution in [3.63, 3.8) is 0 Å². The van der Waals surface area contributed by atoms with Crippen LogP contribution < -0.4 is 5.73 Å². The van der Waals surface area contributed by atoms with Gasteiger partial charge in [-0.1, -0.05) is 44.5 Å². The fourth-order valence-corrected chi connectivity index (χ4v) is 2.51. The Morgan fingerprint density at radius 1 is 1.15 bits per heavy atom. The van der Waals surface area contributed by atoms with E-state index in [0.717, 1.165) is 36.3 Å². The molecule has 1 atom stereocenters. The van der Waals surface area contributed by atoms with Gasteiger partial charge in [0.1, 0.15) is 0 Å². The van der Waals surface area contributed by atoms with Gasteiger partial charge in [0.15, 0.2) is 0 Å². The lowest BCUT2D eigenvalue weighted by Crippen LogP contribution is -2.17. The van der Waals surface area contributed by atoms with E-state index in [9.17, 15) is 0 Å². The molecule has 1 heterocycles. The molecule has 0 saturated heterocycles. The predicted octanol–water partition coefficient (Wildman–Crippen LogP) is 3.47. The van der Waals surface area contributed by atoms with Gasteiger partial charge in [0, 0.05) is 6.54 Å². The van der Waals surface area contributed by atoms with Crippen LogP contribution in [0.25, 0.3) is 0 Å². The molecular weight excluding hydrogens is 246 g/mol. The van der Waals surface area contributed by atoms with Crippen molar-refractivity contribution in [3.8, 4) is 0 Å². The van der Waals surface area contributed by atoms with Crippen LogP contribution >= 0.6 is 0 Å². The van der Waals surface area contributed by atoms with Gasteiger partial charge in [-0.2, -0.15) is 5.10 Å². The molecule has 0 amide bonds. The van der Waals surface area contributed by atoms with Crippen molar-refractivity contribution >= 4 is 0 Å². The summed E-state index contributed by atoms with van der Waals surface area (Å²) in [7, 11) is 0. The quantitative estimate of drug-likeness (QED) is 0.874. The third kappa shape index (κ3) is 3.10. The molecule has 0 aliphatic rings. The third-order valence-electron chi connectivity index (χ3n) is 3.72. The number of rotatable bonds is 6. The highest BCUT2D eigenvalue weighted by Crippen LogP contribution is 2.21. The van der Waals surface area contributed by atoms with E-state index >= 15 is 0 Å². The van der Waals surface area contributed by atoms with Crippen LogP contribution in [0.3, 0.4) is 0 Å². The SMILES string of the molecule is CCCc1ccc(C(N)c2cc(CC)nn2CC)cc1. The van der Waals surface area contributed by atoms with Crippen LogP contribution in [0.1, 0.15) is 55.7 Å². The van der Waals surface area contributed by atoms with Crippen molar-refractivity contribution in [1.82, 2.24) is 9.78 Å². The minimum atomic E-state index is -0.0987. The van der Waals surface area contributed by atoms with Crippen LogP contribution in [0.2, 0.25) is 0 Å². The van der Waals surface area contributed by atoms with E-state index in [4.69, 9.17) is 5.73 Å². The highest BCUT2D eigenvalue weighted by molar-refractivity contribution is 5.31. The maximum absolute atomic E-state index is 6.42. The van der Waals surface area contributed by atoms with Gasteiger partial charge in [-0.05, 0) is 37.0 Å². The molecule has 3 heteroatoms. The molecule has 0 radical (unpaired) electrons. The molecule has 3 nitrogen and oxygen atoms in total. The molecule has 2 N–H and O–H groups in total. The highest BCUT2D eigenvalue weighted by Gasteiger charge is 2.15. The molecule has 0 aliphatic heterocycles. The molecule has 2 aromatic rings. The molecule has 0 fully saturated rings. The zero-order valence-corrected chi connectivity index (χ0v) is 12.8. The van der Waals surface area contributed by atoms with Gasteiger partial charge in [-0.25, -0.2) is 0 Å². The van der Waals surface area contributed by atoms with Gasteiger partial charge >= 0.3 is 0 Å². The van der Waals surface area contributed by atoms with Crippen LogP contribution in [0.4, 0.5) is 0 Å². The van der Waals surface area contributed by atoms with Crippen LogP contribution in [-0.2, 0) is 19.4 Å². The largest absolute Gasteiger partial charge is 0.319 e. The topological polar surface area (TPSA) is 43.8 Å². The van der Waals surface area contributed by atoms with Crippen molar-refractivity contribution in [1.29, 1.82) is 0 Å². The first kappa shape index (κ1) is 14.8. The van der Waals surface area contributed by atoms with E-state index in [0.29, 0.717) is 0 Å². The molecule has 108 valence electrons. The monoisotopic (exact) mass is 271 g/mol. The summed E-state index contributed by atoms with van der Waals surface area (Å²) < 4.78 is 2.02. The van der Waals surface area contributed by atoms with Crippen molar-refractivity contribution in [2.45, 2.75) is 52.6 Å². The first-order chi connectivity index (χ1) is 9.69. The number of benzene rings is 1. The average Bonchev–Trinajstić information content (AvgIpc) is 2.91. The molecule has 0 spiro atoms. The summed E-state index contributed by atoms with van der Waals surface area (Å²) in [6.45, 7) is 7.28. The molecule has 0 aliphatic carbocycles. The second-order valence-corrected chi connectivity index (χ2v) is 5.20. The fraction of sp³-hybridized carbons (Fsp3) is 0.471. The zero-order valence-electron chi connectivity index (χ0n) is 12.8. The Morgan fingerprint density at radius 3 is 2.40 bits per heavy atom. The summed E-state index contributed by atoms with van der Waals surface area (Å²) in [5.74, 6) is 0. The number of hydrogen-bond donors (Lipinski definition) is 1. The summed E-state index contributed by atoms with van der Waals surface area (Å²) in [6, 6.07) is 10.7. The molecule has 1 aromatic carbocycles. The Labute approximate surface area is 121 Å². The van der Waals surface area contributed by atoms with Gasteiger partial charge in [0.05, 0.1) is 17.4 Å². The first-order valence-electron chi connectivity index (χ1n) is 7.60. The highest BCUT2D eigenvalue weighted by atomic mass is 15.3. The van der Waals surface area contributed by atoms with Crippen molar-refractivity contribution in [2.24, 2.45) is 5.73 Å². The minimum Gasteiger partial charge on any atom is -0.319 e. The van der Waals surface area contributed by atoms with Gasteiger partial charge in [-0.3, -0.25) is 4.68 Å². The average molecular weight is 271 g/mol. The molecular formula is C17H25N3. The van der Waals surface area contributed by atoms with Crippen LogP contribution in [0, 0.1) is 0 Å². The summed E-state index contributed by atoms with van der Waals surface area (Å²) in [5.41, 5.74) is 11.2. The van der Waals surface area contributed by atoms with Crippen molar-refractivity contribution in [3.05, 3.63) is 52.8 Å². The van der Waals surface area contributed by atoms with Crippen molar-refractivity contribution in [2.75, 3.05) is 0 Å². The summed E-state index contributed by atoms with van der Waals surface area (Å²) in [4.78, 5) is 0. The Balaban J connectivity index is 2.25. The van der Waals surface area contributed by atoms with Gasteiger partial charge in [0.25, 0.3) is 0 Å². The van der Waals surface area contributed by atoms with Gasteiger partial charge in [-0.15, -0.1) is 0 Å². The van der Waals surface area contributed by atoms with E-state index in [1.165, 1.54) is 12.0 Å². The van der Waals surface area contributed by atoms with Crippen molar-refractivity contribution < 1.29 is 0 Å². The Hall–Kier alpha value is -1.61. The molecule has 1 unspecified atom stereocenters. The van der Waals surface area contributed by atoms with E-state index in [-0.39, 0.29) is 6.04 Å². The number of nitrogens with two attached hydrogens (primary N) is 1. The second kappa shape index (κ2) is 6.71. The lowest BCUT2D eigenvalue weighted by Gasteiger charge is -2.14. The minimum absolute atomic E-state index is 0.0987. The van der Waals surface area contributed by atoms with E-state index in [1.807, 2.05) is 4.68 Å².